The number of aromatic nitrogens is 3. The van der Waals surface area contributed by atoms with Crippen LogP contribution < -0.4 is 15.2 Å². The highest BCUT2D eigenvalue weighted by Crippen LogP contribution is 2.28. The van der Waals surface area contributed by atoms with Crippen molar-refractivity contribution in [3.05, 3.63) is 78.3 Å². The van der Waals surface area contributed by atoms with E-state index < -0.39 is 11.6 Å². The van der Waals surface area contributed by atoms with E-state index in [-0.39, 0.29) is 24.3 Å². The minimum atomic E-state index is -0.675. The van der Waals surface area contributed by atoms with Crippen molar-refractivity contribution in [1.29, 1.82) is 0 Å². The van der Waals surface area contributed by atoms with Gasteiger partial charge in [0, 0.05) is 47.9 Å². The number of halogens is 2. The quantitative estimate of drug-likeness (QED) is 0.435. The molecule has 166 valence electrons. The molecule has 0 bridgehead atoms. The Balaban J connectivity index is 1.54. The third-order valence-corrected chi connectivity index (χ3v) is 5.37. The van der Waals surface area contributed by atoms with Gasteiger partial charge in [0.1, 0.15) is 23.1 Å². The Labute approximate surface area is 184 Å². The van der Waals surface area contributed by atoms with E-state index in [1.807, 2.05) is 37.4 Å². The lowest BCUT2D eigenvalue weighted by molar-refractivity contribution is 0.287. The number of methoxy groups -OCH3 is 1. The van der Waals surface area contributed by atoms with Crippen LogP contribution in [0, 0.1) is 11.6 Å². The summed E-state index contributed by atoms with van der Waals surface area (Å²) in [5.74, 6) is -0.514. The van der Waals surface area contributed by atoms with Gasteiger partial charge in [-0.05, 0) is 43.2 Å². The van der Waals surface area contributed by atoms with Crippen LogP contribution >= 0.6 is 0 Å². The molecule has 0 amide bonds. The summed E-state index contributed by atoms with van der Waals surface area (Å²) in [6.07, 6.45) is 6.01. The molecular formula is C24H24F2N4O2. The zero-order chi connectivity index (χ0) is 22.7. The molecule has 0 spiro atoms. The van der Waals surface area contributed by atoms with Crippen LogP contribution in [0.2, 0.25) is 0 Å². The molecule has 4 rings (SSSR count). The SMILES string of the molecule is COc1ccc2nccc(-n3cc(C(CCOc4cc(F)cc(F)c4)C(C)N)cn3)c2c1. The topological polar surface area (TPSA) is 75.2 Å². The van der Waals surface area contributed by atoms with Gasteiger partial charge in [-0.3, -0.25) is 4.98 Å². The second-order valence-electron chi connectivity index (χ2n) is 7.64. The number of fused-ring (bicyclic) bond motifs is 1. The molecule has 0 radical (unpaired) electrons. The summed E-state index contributed by atoms with van der Waals surface area (Å²) in [4.78, 5) is 4.41. The first-order valence-corrected chi connectivity index (χ1v) is 10.3. The number of pyridine rings is 1. The van der Waals surface area contributed by atoms with Crippen LogP contribution in [-0.2, 0) is 0 Å². The number of hydrogen-bond donors (Lipinski definition) is 1. The lowest BCUT2D eigenvalue weighted by Crippen LogP contribution is -2.26. The van der Waals surface area contributed by atoms with Crippen molar-refractivity contribution >= 4 is 10.9 Å². The van der Waals surface area contributed by atoms with Crippen LogP contribution in [0.5, 0.6) is 11.5 Å². The summed E-state index contributed by atoms with van der Waals surface area (Å²) in [7, 11) is 1.62. The smallest absolute Gasteiger partial charge is 0.129 e. The van der Waals surface area contributed by atoms with Crippen LogP contribution in [0.4, 0.5) is 8.78 Å². The van der Waals surface area contributed by atoms with Gasteiger partial charge in [0.05, 0.1) is 31.1 Å². The molecule has 6 nitrogen and oxygen atoms in total. The zero-order valence-corrected chi connectivity index (χ0v) is 17.8. The summed E-state index contributed by atoms with van der Waals surface area (Å²) in [6, 6.07) is 10.5. The number of hydrogen-bond acceptors (Lipinski definition) is 5. The minimum Gasteiger partial charge on any atom is -0.497 e. The third kappa shape index (κ3) is 4.70. The molecule has 0 saturated heterocycles. The van der Waals surface area contributed by atoms with Gasteiger partial charge in [0.15, 0.2) is 0 Å². The molecule has 2 aromatic heterocycles. The van der Waals surface area contributed by atoms with Crippen LogP contribution in [0.3, 0.4) is 0 Å². The van der Waals surface area contributed by atoms with E-state index in [4.69, 9.17) is 15.2 Å². The standard InChI is InChI=1S/C24H24F2N4O2/c1-15(27)21(6-8-32-20-10-17(25)9-18(26)11-20)16-13-29-30(14-16)24-5-7-28-23-4-3-19(31-2)12-22(23)24/h3-5,7,9-15,21H,6,8,27H2,1-2H3. The Morgan fingerprint density at radius 2 is 1.84 bits per heavy atom. The Bertz CT molecular complexity index is 1210. The summed E-state index contributed by atoms with van der Waals surface area (Å²) in [5.41, 5.74) is 8.88. The molecule has 2 N–H and O–H groups in total. The Hall–Kier alpha value is -3.52. The number of ether oxygens (including phenoxy) is 2. The van der Waals surface area contributed by atoms with Gasteiger partial charge in [0.2, 0.25) is 0 Å². The normalized spacial score (nSPS) is 13.2. The maximum absolute atomic E-state index is 13.4. The van der Waals surface area contributed by atoms with E-state index in [9.17, 15) is 8.78 Å². The summed E-state index contributed by atoms with van der Waals surface area (Å²) in [6.45, 7) is 2.17. The molecule has 2 atom stereocenters. The van der Waals surface area contributed by atoms with E-state index in [1.165, 1.54) is 0 Å². The number of nitrogens with zero attached hydrogens (tertiary/aromatic N) is 3. The van der Waals surface area contributed by atoms with Crippen molar-refractivity contribution in [2.24, 2.45) is 5.73 Å². The van der Waals surface area contributed by atoms with Crippen molar-refractivity contribution in [2.75, 3.05) is 13.7 Å². The molecule has 8 heteroatoms. The number of nitrogens with two attached hydrogens (primary N) is 1. The second-order valence-corrected chi connectivity index (χ2v) is 7.64. The first kappa shape index (κ1) is 21.7. The monoisotopic (exact) mass is 438 g/mol. The fourth-order valence-electron chi connectivity index (χ4n) is 3.75. The summed E-state index contributed by atoms with van der Waals surface area (Å²) >= 11 is 0. The molecule has 2 unspecified atom stereocenters. The highest BCUT2D eigenvalue weighted by Gasteiger charge is 2.19. The maximum atomic E-state index is 13.4. The zero-order valence-electron chi connectivity index (χ0n) is 17.8. The minimum absolute atomic E-state index is 0.0511. The van der Waals surface area contributed by atoms with E-state index in [1.54, 1.807) is 24.2 Å². The lowest BCUT2D eigenvalue weighted by Gasteiger charge is -2.19. The van der Waals surface area contributed by atoms with Gasteiger partial charge < -0.3 is 15.2 Å². The molecule has 0 fully saturated rings. The van der Waals surface area contributed by atoms with Crippen molar-refractivity contribution in [2.45, 2.75) is 25.3 Å². The predicted molar refractivity (Wildman–Crippen MR) is 118 cm³/mol. The van der Waals surface area contributed by atoms with Crippen molar-refractivity contribution in [1.82, 2.24) is 14.8 Å². The van der Waals surface area contributed by atoms with E-state index in [0.29, 0.717) is 6.42 Å². The third-order valence-electron chi connectivity index (χ3n) is 5.37. The second kappa shape index (κ2) is 9.32. The van der Waals surface area contributed by atoms with Gasteiger partial charge in [-0.15, -0.1) is 0 Å². The average molecular weight is 438 g/mol. The maximum Gasteiger partial charge on any atom is 0.129 e. The van der Waals surface area contributed by atoms with Crippen LogP contribution in [0.25, 0.3) is 16.6 Å². The average Bonchev–Trinajstić information content (AvgIpc) is 3.24. The van der Waals surface area contributed by atoms with Crippen molar-refractivity contribution < 1.29 is 18.3 Å². The summed E-state index contributed by atoms with van der Waals surface area (Å²) < 4.78 is 39.4. The number of rotatable bonds is 8. The molecule has 0 aliphatic carbocycles. The van der Waals surface area contributed by atoms with Gasteiger partial charge in [-0.2, -0.15) is 5.10 Å². The summed E-state index contributed by atoms with van der Waals surface area (Å²) in [5, 5.41) is 5.45. The predicted octanol–water partition coefficient (Wildman–Crippen LogP) is 4.61. The van der Waals surface area contributed by atoms with Crippen LogP contribution in [0.1, 0.15) is 24.8 Å². The number of benzene rings is 2. The molecule has 0 saturated carbocycles. The van der Waals surface area contributed by atoms with Gasteiger partial charge in [-0.1, -0.05) is 0 Å². The van der Waals surface area contributed by atoms with Crippen LogP contribution in [-0.4, -0.2) is 34.5 Å². The van der Waals surface area contributed by atoms with E-state index in [0.717, 1.165) is 46.1 Å². The molecule has 32 heavy (non-hydrogen) atoms. The molecule has 4 aromatic rings. The molecular weight excluding hydrogens is 414 g/mol. The van der Waals surface area contributed by atoms with Gasteiger partial charge in [-0.25, -0.2) is 13.5 Å². The highest BCUT2D eigenvalue weighted by atomic mass is 19.1. The largest absolute Gasteiger partial charge is 0.497 e. The molecule has 0 aliphatic heterocycles. The first-order valence-electron chi connectivity index (χ1n) is 10.3. The Morgan fingerprint density at radius 3 is 2.56 bits per heavy atom. The molecule has 2 aromatic carbocycles. The fraction of sp³-hybridized carbons (Fsp3) is 0.250. The first-order chi connectivity index (χ1) is 15.4. The fourth-order valence-corrected chi connectivity index (χ4v) is 3.75. The Kier molecular flexibility index (Phi) is 6.32. The van der Waals surface area contributed by atoms with Crippen molar-refractivity contribution in [3.8, 4) is 17.2 Å². The molecule has 2 heterocycles. The highest BCUT2D eigenvalue weighted by molar-refractivity contribution is 5.88. The Morgan fingerprint density at radius 1 is 1.06 bits per heavy atom. The molecule has 0 aliphatic rings. The lowest BCUT2D eigenvalue weighted by atomic mass is 9.92. The van der Waals surface area contributed by atoms with Gasteiger partial charge in [0.25, 0.3) is 0 Å². The van der Waals surface area contributed by atoms with E-state index >= 15 is 0 Å². The van der Waals surface area contributed by atoms with E-state index in [2.05, 4.69) is 10.1 Å². The van der Waals surface area contributed by atoms with Gasteiger partial charge >= 0.3 is 0 Å². The van der Waals surface area contributed by atoms with Crippen LogP contribution in [0.15, 0.2) is 61.1 Å². The van der Waals surface area contributed by atoms with Crippen molar-refractivity contribution in [3.63, 3.8) is 0 Å².